The predicted octanol–water partition coefficient (Wildman–Crippen LogP) is 7.32. The van der Waals surface area contributed by atoms with Crippen LogP contribution in [0.1, 0.15) is 21.5 Å². The minimum atomic E-state index is -0.0396. The van der Waals surface area contributed by atoms with Gasteiger partial charge in [0.2, 0.25) is 0 Å². The van der Waals surface area contributed by atoms with Crippen LogP contribution in [0.25, 0.3) is 6.08 Å². The van der Waals surface area contributed by atoms with Crippen molar-refractivity contribution in [2.24, 2.45) is 0 Å². The van der Waals surface area contributed by atoms with E-state index in [-0.39, 0.29) is 5.78 Å². The summed E-state index contributed by atoms with van der Waals surface area (Å²) in [5.74, 6) is -0.0396. The number of Topliss-reactive ketones (excluding diaryl/α,β-unsaturated/α-hetero) is 1. The van der Waals surface area contributed by atoms with E-state index in [2.05, 4.69) is 0 Å². The van der Waals surface area contributed by atoms with E-state index in [0.29, 0.717) is 20.5 Å². The first-order valence-electron chi connectivity index (χ1n) is 8.03. The Labute approximate surface area is 167 Å². The van der Waals surface area contributed by atoms with Gasteiger partial charge in [-0.2, -0.15) is 0 Å². The highest BCUT2D eigenvalue weighted by Crippen LogP contribution is 2.31. The van der Waals surface area contributed by atoms with Crippen molar-refractivity contribution in [3.05, 3.63) is 104 Å². The van der Waals surface area contributed by atoms with E-state index >= 15 is 0 Å². The van der Waals surface area contributed by atoms with Gasteiger partial charge in [0.1, 0.15) is 0 Å². The van der Waals surface area contributed by atoms with Gasteiger partial charge in [-0.25, -0.2) is 0 Å². The molecule has 0 spiro atoms. The average Bonchev–Trinajstić information content (AvgIpc) is 2.65. The number of hydrogen-bond acceptors (Lipinski definition) is 2. The Kier molecular flexibility index (Phi) is 6.20. The van der Waals surface area contributed by atoms with Crippen LogP contribution in [0, 0.1) is 6.92 Å². The van der Waals surface area contributed by atoms with E-state index < -0.39 is 0 Å². The molecule has 0 fully saturated rings. The first kappa shape index (κ1) is 18.8. The second-order valence-corrected chi connectivity index (χ2v) is 7.80. The zero-order valence-electron chi connectivity index (χ0n) is 14.1. The number of benzene rings is 3. The molecule has 0 amide bonds. The molecule has 0 bridgehead atoms. The molecule has 0 unspecified atom stereocenters. The lowest BCUT2D eigenvalue weighted by atomic mass is 10.1. The highest BCUT2D eigenvalue weighted by Gasteiger charge is 2.14. The summed E-state index contributed by atoms with van der Waals surface area (Å²) in [7, 11) is 0. The maximum atomic E-state index is 13.0. The molecule has 0 N–H and O–H groups in total. The van der Waals surface area contributed by atoms with Crippen LogP contribution in [-0.4, -0.2) is 5.78 Å². The van der Waals surface area contributed by atoms with Crippen LogP contribution < -0.4 is 0 Å². The Morgan fingerprint density at radius 1 is 0.808 bits per heavy atom. The smallest absolute Gasteiger partial charge is 0.199 e. The van der Waals surface area contributed by atoms with E-state index in [9.17, 15) is 4.79 Å². The normalized spacial score (nSPS) is 11.4. The van der Waals surface area contributed by atoms with Gasteiger partial charge in [0.05, 0.1) is 4.91 Å². The number of halogens is 2. The lowest BCUT2D eigenvalue weighted by Gasteiger charge is -2.08. The summed E-state index contributed by atoms with van der Waals surface area (Å²) < 4.78 is 0. The van der Waals surface area contributed by atoms with Gasteiger partial charge in [-0.3, -0.25) is 4.79 Å². The fraction of sp³-hybridized carbons (Fsp3) is 0.0455. The summed E-state index contributed by atoms with van der Waals surface area (Å²) in [6, 6.07) is 22.5. The molecule has 0 aliphatic rings. The van der Waals surface area contributed by atoms with Crippen molar-refractivity contribution in [3.8, 4) is 0 Å². The number of hydrogen-bond donors (Lipinski definition) is 0. The summed E-state index contributed by atoms with van der Waals surface area (Å²) >= 11 is 13.4. The van der Waals surface area contributed by atoms with Crippen LogP contribution in [0.5, 0.6) is 0 Å². The van der Waals surface area contributed by atoms with Crippen LogP contribution in [0.3, 0.4) is 0 Å². The molecule has 0 atom stereocenters. The third kappa shape index (κ3) is 5.01. The number of carbonyl (C=O) groups excluding carboxylic acids is 1. The maximum absolute atomic E-state index is 13.0. The number of rotatable bonds is 5. The van der Waals surface area contributed by atoms with Crippen molar-refractivity contribution in [1.82, 2.24) is 0 Å². The molecule has 0 aliphatic carbocycles. The molecule has 26 heavy (non-hydrogen) atoms. The molecule has 3 aromatic rings. The van der Waals surface area contributed by atoms with Gasteiger partial charge in [-0.15, -0.1) is 0 Å². The molecule has 0 saturated carbocycles. The van der Waals surface area contributed by atoms with E-state index in [4.69, 9.17) is 23.2 Å². The number of carbonyl (C=O) groups is 1. The van der Waals surface area contributed by atoms with E-state index in [1.54, 1.807) is 24.3 Å². The van der Waals surface area contributed by atoms with Crippen molar-refractivity contribution in [1.29, 1.82) is 0 Å². The van der Waals surface area contributed by atoms with Crippen molar-refractivity contribution < 1.29 is 4.79 Å². The molecule has 4 heteroatoms. The third-order valence-electron chi connectivity index (χ3n) is 3.75. The van der Waals surface area contributed by atoms with Crippen LogP contribution in [0.4, 0.5) is 0 Å². The Morgan fingerprint density at radius 3 is 1.92 bits per heavy atom. The number of thioether (sulfide) groups is 1. The quantitative estimate of drug-likeness (QED) is 0.254. The second-order valence-electron chi connectivity index (χ2n) is 5.81. The summed E-state index contributed by atoms with van der Waals surface area (Å²) in [6.07, 6.45) is 1.89. The largest absolute Gasteiger partial charge is 0.288 e. The van der Waals surface area contributed by atoms with E-state index in [1.807, 2.05) is 61.5 Å². The molecular weight excluding hydrogens is 383 g/mol. The lowest BCUT2D eigenvalue weighted by molar-refractivity contribution is 0.104. The minimum absolute atomic E-state index is 0.0396. The highest BCUT2D eigenvalue weighted by molar-refractivity contribution is 8.04. The van der Waals surface area contributed by atoms with E-state index in [1.165, 1.54) is 17.3 Å². The molecule has 0 heterocycles. The predicted molar refractivity (Wildman–Crippen MR) is 112 cm³/mol. The Balaban J connectivity index is 1.97. The monoisotopic (exact) mass is 398 g/mol. The van der Waals surface area contributed by atoms with Crippen molar-refractivity contribution >= 4 is 46.8 Å². The molecule has 0 radical (unpaired) electrons. The summed E-state index contributed by atoms with van der Waals surface area (Å²) in [6.45, 7) is 2.04. The number of aryl methyl sites for hydroxylation is 1. The molecule has 130 valence electrons. The molecule has 0 aliphatic heterocycles. The zero-order valence-corrected chi connectivity index (χ0v) is 16.4. The lowest BCUT2D eigenvalue weighted by Crippen LogP contribution is -2.01. The first-order chi connectivity index (χ1) is 12.5. The fourth-order valence-corrected chi connectivity index (χ4v) is 3.51. The van der Waals surface area contributed by atoms with Gasteiger partial charge < -0.3 is 0 Å². The van der Waals surface area contributed by atoms with Crippen LogP contribution in [0.15, 0.2) is 82.6 Å². The topological polar surface area (TPSA) is 17.1 Å². The fourth-order valence-electron chi connectivity index (χ4n) is 2.33. The van der Waals surface area contributed by atoms with Crippen molar-refractivity contribution in [2.45, 2.75) is 11.8 Å². The Bertz CT molecular complexity index is 927. The summed E-state index contributed by atoms with van der Waals surface area (Å²) in [5, 5.41) is 1.27. The second kappa shape index (κ2) is 8.59. The standard InChI is InChI=1S/C22H16Cl2OS/c1-15-2-12-20(13-3-15)26-21(14-16-4-8-18(23)9-5-16)22(25)17-6-10-19(24)11-7-17/h2-14H,1H3. The maximum Gasteiger partial charge on any atom is 0.199 e. The minimum Gasteiger partial charge on any atom is -0.288 e. The number of allylic oxidation sites excluding steroid dienone is 1. The van der Waals surface area contributed by atoms with Gasteiger partial charge in [0.15, 0.2) is 5.78 Å². The average molecular weight is 399 g/mol. The van der Waals surface area contributed by atoms with Gasteiger partial charge >= 0.3 is 0 Å². The van der Waals surface area contributed by atoms with Gasteiger partial charge in [0.25, 0.3) is 0 Å². The molecule has 0 aromatic heterocycles. The van der Waals surface area contributed by atoms with Gasteiger partial charge in [0, 0.05) is 20.5 Å². The summed E-state index contributed by atoms with van der Waals surface area (Å²) in [5.41, 5.74) is 2.71. The van der Waals surface area contributed by atoms with Crippen LogP contribution in [0.2, 0.25) is 10.0 Å². The van der Waals surface area contributed by atoms with Crippen molar-refractivity contribution in [3.63, 3.8) is 0 Å². The zero-order chi connectivity index (χ0) is 18.5. The van der Waals surface area contributed by atoms with Crippen molar-refractivity contribution in [2.75, 3.05) is 0 Å². The molecule has 3 rings (SSSR count). The molecule has 0 saturated heterocycles. The van der Waals surface area contributed by atoms with Crippen LogP contribution >= 0.6 is 35.0 Å². The first-order valence-corrected chi connectivity index (χ1v) is 9.60. The van der Waals surface area contributed by atoms with Crippen LogP contribution in [-0.2, 0) is 0 Å². The SMILES string of the molecule is Cc1ccc(SC(=Cc2ccc(Cl)cc2)C(=O)c2ccc(Cl)cc2)cc1. The number of ketones is 1. The summed E-state index contributed by atoms with van der Waals surface area (Å²) in [4.78, 5) is 14.7. The molecule has 1 nitrogen and oxygen atoms in total. The molecular formula is C22H16Cl2OS. The Morgan fingerprint density at radius 2 is 1.35 bits per heavy atom. The van der Waals surface area contributed by atoms with Gasteiger partial charge in [-0.05, 0) is 67.1 Å². The Hall–Kier alpha value is -2.00. The van der Waals surface area contributed by atoms with Gasteiger partial charge in [-0.1, -0.05) is 64.8 Å². The van der Waals surface area contributed by atoms with E-state index in [0.717, 1.165) is 10.5 Å². The molecule has 3 aromatic carbocycles. The third-order valence-corrected chi connectivity index (χ3v) is 5.28. The highest BCUT2D eigenvalue weighted by atomic mass is 35.5.